The van der Waals surface area contributed by atoms with Gasteiger partial charge in [0.25, 0.3) is 0 Å². The van der Waals surface area contributed by atoms with Gasteiger partial charge in [-0.05, 0) is 42.7 Å². The zero-order chi connectivity index (χ0) is 26.8. The van der Waals surface area contributed by atoms with Crippen LogP contribution in [0.5, 0.6) is 23.0 Å². The molecule has 2 atom stereocenters. The van der Waals surface area contributed by atoms with Gasteiger partial charge in [0.15, 0.2) is 11.5 Å². The molecule has 2 saturated heterocycles. The average Bonchev–Trinajstić information content (AvgIpc) is 3.73. The van der Waals surface area contributed by atoms with Gasteiger partial charge in [0, 0.05) is 51.1 Å². The molecule has 0 N–H and O–H groups in total. The number of benzene rings is 2. The van der Waals surface area contributed by atoms with Gasteiger partial charge in [0.2, 0.25) is 17.6 Å². The van der Waals surface area contributed by atoms with Crippen LogP contribution in [0.2, 0.25) is 0 Å². The summed E-state index contributed by atoms with van der Waals surface area (Å²) in [6, 6.07) is 11.8. The molecule has 1 aliphatic carbocycles. The number of nitrogens with zero attached hydrogens (tertiary/aromatic N) is 3. The van der Waals surface area contributed by atoms with Gasteiger partial charge in [-0.3, -0.25) is 9.59 Å². The van der Waals surface area contributed by atoms with Crippen molar-refractivity contribution in [3.8, 4) is 23.0 Å². The van der Waals surface area contributed by atoms with Crippen molar-refractivity contribution in [2.24, 2.45) is 11.8 Å². The minimum absolute atomic E-state index is 0.0922. The van der Waals surface area contributed by atoms with E-state index in [0.717, 1.165) is 42.9 Å². The lowest BCUT2D eigenvalue weighted by Crippen LogP contribution is -2.51. The van der Waals surface area contributed by atoms with Crippen LogP contribution >= 0.6 is 0 Å². The van der Waals surface area contributed by atoms with Gasteiger partial charge in [-0.25, -0.2) is 0 Å². The summed E-state index contributed by atoms with van der Waals surface area (Å²) in [7, 11) is 6.42. The number of carbonyl (C=O) groups is 2. The second-order valence-corrected chi connectivity index (χ2v) is 10.2. The van der Waals surface area contributed by atoms with E-state index in [0.29, 0.717) is 43.4 Å². The molecular formula is C29H37N3O6. The first-order valence-electron chi connectivity index (χ1n) is 13.2. The highest BCUT2D eigenvalue weighted by molar-refractivity contribution is 5.85. The largest absolute Gasteiger partial charge is 0.495 e. The van der Waals surface area contributed by atoms with Crippen molar-refractivity contribution in [2.45, 2.75) is 18.8 Å². The molecule has 3 aliphatic rings. The van der Waals surface area contributed by atoms with Crippen LogP contribution in [-0.4, -0.2) is 89.3 Å². The molecule has 0 bridgehead atoms. The summed E-state index contributed by atoms with van der Waals surface area (Å²) in [4.78, 5) is 33.1. The Kier molecular flexibility index (Phi) is 7.53. The van der Waals surface area contributed by atoms with Gasteiger partial charge < -0.3 is 33.6 Å². The van der Waals surface area contributed by atoms with E-state index in [4.69, 9.17) is 18.9 Å². The third kappa shape index (κ3) is 4.93. The minimum atomic E-state index is -0.335. The zero-order valence-electron chi connectivity index (χ0n) is 22.6. The first kappa shape index (κ1) is 26.0. The van der Waals surface area contributed by atoms with Crippen molar-refractivity contribution in [2.75, 3.05) is 72.6 Å². The minimum Gasteiger partial charge on any atom is -0.495 e. The van der Waals surface area contributed by atoms with Crippen molar-refractivity contribution in [3.63, 3.8) is 0 Å². The molecule has 2 heterocycles. The molecule has 0 radical (unpaired) electrons. The molecule has 0 spiro atoms. The standard InChI is InChI=1S/C29H37N3O6/c1-35-24-8-6-5-7-23(24)30-11-13-31(14-12-30)29(34)22-18-32(28(33)19-9-10-19)17-21(22)20-15-25(36-2)27(38-4)26(16-20)37-3/h5-8,15-16,19,21-22H,9-14,17-18H2,1-4H3/t21-,22-/m0/s1. The maximum absolute atomic E-state index is 14.0. The Morgan fingerprint density at radius 1 is 0.737 bits per heavy atom. The first-order valence-corrected chi connectivity index (χ1v) is 13.2. The Labute approximate surface area is 224 Å². The molecule has 38 heavy (non-hydrogen) atoms. The summed E-state index contributed by atoms with van der Waals surface area (Å²) in [5, 5.41) is 0. The van der Waals surface area contributed by atoms with Crippen LogP contribution < -0.4 is 23.8 Å². The Balaban J connectivity index is 1.38. The zero-order valence-corrected chi connectivity index (χ0v) is 22.6. The van der Waals surface area contributed by atoms with E-state index in [1.807, 2.05) is 40.1 Å². The molecule has 9 nitrogen and oxygen atoms in total. The lowest BCUT2D eigenvalue weighted by atomic mass is 9.87. The fourth-order valence-electron chi connectivity index (χ4n) is 5.77. The maximum atomic E-state index is 14.0. The van der Waals surface area contributed by atoms with Gasteiger partial charge in [-0.1, -0.05) is 12.1 Å². The molecule has 2 aliphatic heterocycles. The Morgan fingerprint density at radius 3 is 1.95 bits per heavy atom. The van der Waals surface area contributed by atoms with E-state index in [9.17, 15) is 9.59 Å². The van der Waals surface area contributed by atoms with Crippen molar-refractivity contribution < 1.29 is 28.5 Å². The van der Waals surface area contributed by atoms with Crippen molar-refractivity contribution >= 4 is 17.5 Å². The predicted octanol–water partition coefficient (Wildman–Crippen LogP) is 3.02. The lowest BCUT2D eigenvalue weighted by Gasteiger charge is -2.38. The third-order valence-corrected chi connectivity index (χ3v) is 8.01. The van der Waals surface area contributed by atoms with Gasteiger partial charge >= 0.3 is 0 Å². The number of amides is 2. The summed E-state index contributed by atoms with van der Waals surface area (Å²) >= 11 is 0. The normalized spacial score (nSPS) is 21.3. The van der Waals surface area contributed by atoms with Gasteiger partial charge in [-0.15, -0.1) is 0 Å². The monoisotopic (exact) mass is 523 g/mol. The lowest BCUT2D eigenvalue weighted by molar-refractivity contribution is -0.136. The molecule has 2 aromatic carbocycles. The topological polar surface area (TPSA) is 80.8 Å². The molecule has 1 saturated carbocycles. The Hall–Kier alpha value is -3.62. The SMILES string of the molecule is COc1ccccc1N1CCN(C(=O)[C@H]2CN(C(=O)C3CC3)C[C@H]2c2cc(OC)c(OC)c(OC)c2)CC1. The Bertz CT molecular complexity index is 1150. The summed E-state index contributed by atoms with van der Waals surface area (Å²) < 4.78 is 22.2. The summed E-state index contributed by atoms with van der Waals surface area (Å²) in [5.74, 6) is 2.31. The van der Waals surface area contributed by atoms with Crippen LogP contribution in [0, 0.1) is 11.8 Å². The highest BCUT2D eigenvalue weighted by atomic mass is 16.5. The number of rotatable bonds is 8. The van der Waals surface area contributed by atoms with Crippen molar-refractivity contribution in [3.05, 3.63) is 42.0 Å². The van der Waals surface area contributed by atoms with Crippen molar-refractivity contribution in [1.29, 1.82) is 0 Å². The van der Waals surface area contributed by atoms with Crippen LogP contribution in [-0.2, 0) is 9.59 Å². The quantitative estimate of drug-likeness (QED) is 0.526. The predicted molar refractivity (Wildman–Crippen MR) is 143 cm³/mol. The number of hydrogen-bond acceptors (Lipinski definition) is 7. The fourth-order valence-corrected chi connectivity index (χ4v) is 5.77. The number of methoxy groups -OCH3 is 4. The molecular weight excluding hydrogens is 486 g/mol. The molecule has 2 amide bonds. The first-order chi connectivity index (χ1) is 18.5. The van der Waals surface area contributed by atoms with Gasteiger partial charge in [-0.2, -0.15) is 0 Å². The van der Waals surface area contributed by atoms with Crippen LogP contribution in [0.3, 0.4) is 0 Å². The van der Waals surface area contributed by atoms with Crippen LogP contribution in [0.1, 0.15) is 24.3 Å². The number of piperazine rings is 1. The van der Waals surface area contributed by atoms with E-state index in [-0.39, 0.29) is 29.6 Å². The van der Waals surface area contributed by atoms with E-state index < -0.39 is 0 Å². The smallest absolute Gasteiger partial charge is 0.228 e. The number of ether oxygens (including phenoxy) is 4. The highest BCUT2D eigenvalue weighted by Gasteiger charge is 2.45. The number of hydrogen-bond donors (Lipinski definition) is 0. The summed E-state index contributed by atoms with van der Waals surface area (Å²) in [5.41, 5.74) is 1.95. The fraction of sp³-hybridized carbons (Fsp3) is 0.517. The number of anilines is 1. The maximum Gasteiger partial charge on any atom is 0.228 e. The van der Waals surface area contributed by atoms with E-state index in [1.54, 1.807) is 28.4 Å². The Morgan fingerprint density at radius 2 is 1.37 bits per heavy atom. The van der Waals surface area contributed by atoms with Crippen LogP contribution in [0.25, 0.3) is 0 Å². The average molecular weight is 524 g/mol. The number of likely N-dealkylation sites (tertiary alicyclic amines) is 1. The van der Waals surface area contributed by atoms with Crippen LogP contribution in [0.4, 0.5) is 5.69 Å². The molecule has 0 unspecified atom stereocenters. The highest BCUT2D eigenvalue weighted by Crippen LogP contribution is 2.44. The van der Waals surface area contributed by atoms with E-state index in [1.165, 1.54) is 0 Å². The molecule has 9 heteroatoms. The second-order valence-electron chi connectivity index (χ2n) is 10.2. The van der Waals surface area contributed by atoms with E-state index >= 15 is 0 Å². The summed E-state index contributed by atoms with van der Waals surface area (Å²) in [6.07, 6.45) is 1.88. The van der Waals surface area contributed by atoms with Crippen molar-refractivity contribution in [1.82, 2.24) is 9.80 Å². The van der Waals surface area contributed by atoms with Crippen LogP contribution in [0.15, 0.2) is 36.4 Å². The van der Waals surface area contributed by atoms with E-state index in [2.05, 4.69) is 11.0 Å². The summed E-state index contributed by atoms with van der Waals surface area (Å²) in [6.45, 7) is 3.61. The molecule has 204 valence electrons. The third-order valence-electron chi connectivity index (χ3n) is 8.01. The second kappa shape index (κ2) is 11.0. The number of para-hydroxylation sites is 2. The molecule has 2 aromatic rings. The number of carbonyl (C=O) groups excluding carboxylic acids is 2. The van der Waals surface area contributed by atoms with Gasteiger partial charge in [0.1, 0.15) is 5.75 Å². The molecule has 5 rings (SSSR count). The molecule has 3 fully saturated rings. The van der Waals surface area contributed by atoms with Gasteiger partial charge in [0.05, 0.1) is 40.0 Å². The molecule has 0 aromatic heterocycles.